The maximum absolute atomic E-state index is 12.6. The van der Waals surface area contributed by atoms with Crippen LogP contribution in [-0.2, 0) is 10.2 Å². The molecule has 13 heteroatoms. The number of carbonyl (C=O) groups excluding carboxylic acids is 1. The highest BCUT2D eigenvalue weighted by atomic mass is 32.2. The molecular formula is C18H22N8O4S. The number of nitrogens with two attached hydrogens (primary N) is 3. The summed E-state index contributed by atoms with van der Waals surface area (Å²) in [5.74, 6) is -0.213. The van der Waals surface area contributed by atoms with Crippen molar-refractivity contribution in [1.29, 1.82) is 0 Å². The lowest BCUT2D eigenvalue weighted by atomic mass is 10.1. The minimum atomic E-state index is -3.89. The Morgan fingerprint density at radius 3 is 2.74 bits per heavy atom. The van der Waals surface area contributed by atoms with Crippen molar-refractivity contribution in [3.05, 3.63) is 47.7 Å². The normalized spacial score (nSPS) is 14.5. The molecule has 1 amide bonds. The average molecular weight is 446 g/mol. The minimum Gasteiger partial charge on any atom is -0.490 e. The lowest BCUT2D eigenvalue weighted by molar-refractivity contribution is 0.0880. The number of fused-ring (bicyclic) bond motifs is 1. The van der Waals surface area contributed by atoms with E-state index in [9.17, 15) is 13.2 Å². The first kappa shape index (κ1) is 21.8. The lowest BCUT2D eigenvalue weighted by Gasteiger charge is -2.27. The van der Waals surface area contributed by atoms with E-state index in [4.69, 9.17) is 21.9 Å². The zero-order valence-corrected chi connectivity index (χ0v) is 17.6. The van der Waals surface area contributed by atoms with Gasteiger partial charge in [0, 0.05) is 11.8 Å². The molecule has 0 bridgehead atoms. The number of aromatic nitrogens is 1. The van der Waals surface area contributed by atoms with Crippen LogP contribution in [-0.4, -0.2) is 43.2 Å². The molecule has 1 aliphatic heterocycles. The summed E-state index contributed by atoms with van der Waals surface area (Å²) in [7, 11) is -3.89. The maximum atomic E-state index is 12.6. The molecule has 0 saturated carbocycles. The second kappa shape index (κ2) is 8.10. The van der Waals surface area contributed by atoms with E-state index >= 15 is 0 Å². The number of amides is 1. The summed E-state index contributed by atoms with van der Waals surface area (Å²) < 4.78 is 35.0. The Kier molecular flexibility index (Phi) is 5.71. The smallest absolute Gasteiger partial charge is 0.344 e. The van der Waals surface area contributed by atoms with Crippen molar-refractivity contribution < 1.29 is 17.9 Å². The summed E-state index contributed by atoms with van der Waals surface area (Å²) in [5, 5.41) is 2.85. The molecule has 0 radical (unpaired) electrons. The van der Waals surface area contributed by atoms with Crippen LogP contribution in [0.5, 0.6) is 5.75 Å². The summed E-state index contributed by atoms with van der Waals surface area (Å²) in [6, 6.07) is 7.76. The molecule has 8 N–H and O–H groups in total. The molecule has 1 aliphatic rings. The standard InChI is InChI=1S/C18H22N8O4S/c1-18(2,24-16(27)10-6-7-22-13(8-10)23-17(20)21)9-30-12-5-3-4-11-14(12)15(19)26-31(28,29)25-11/h3-8,25H,9H2,1-2H3,(H2,19,26)(H,24,27)(H4,20,21,22,23). The highest BCUT2D eigenvalue weighted by Crippen LogP contribution is 2.30. The van der Waals surface area contributed by atoms with E-state index < -0.39 is 15.7 Å². The Hall–Kier alpha value is -3.87. The van der Waals surface area contributed by atoms with E-state index in [1.165, 1.54) is 18.3 Å². The van der Waals surface area contributed by atoms with Gasteiger partial charge in [0.05, 0.1) is 16.8 Å². The van der Waals surface area contributed by atoms with Crippen molar-refractivity contribution in [2.75, 3.05) is 11.3 Å². The zero-order chi connectivity index (χ0) is 22.8. The fourth-order valence-electron chi connectivity index (χ4n) is 2.76. The third kappa shape index (κ3) is 5.39. The summed E-state index contributed by atoms with van der Waals surface area (Å²) in [4.78, 5) is 20.4. The van der Waals surface area contributed by atoms with Crippen LogP contribution in [0.25, 0.3) is 0 Å². The predicted octanol–water partition coefficient (Wildman–Crippen LogP) is -0.0505. The van der Waals surface area contributed by atoms with Gasteiger partial charge in [-0.25, -0.2) is 4.98 Å². The first-order valence-electron chi connectivity index (χ1n) is 8.98. The molecule has 0 fully saturated rings. The Morgan fingerprint density at radius 2 is 2.03 bits per heavy atom. The second-order valence-electron chi connectivity index (χ2n) is 7.30. The Bertz CT molecular complexity index is 1190. The van der Waals surface area contributed by atoms with Gasteiger partial charge >= 0.3 is 10.2 Å². The third-order valence-corrected chi connectivity index (χ3v) is 4.95. The van der Waals surface area contributed by atoms with Gasteiger partial charge in [-0.2, -0.15) is 13.4 Å². The molecular weight excluding hydrogens is 424 g/mol. The number of carbonyl (C=O) groups is 1. The molecule has 164 valence electrons. The van der Waals surface area contributed by atoms with Crippen molar-refractivity contribution in [3.63, 3.8) is 0 Å². The van der Waals surface area contributed by atoms with E-state index in [1.54, 1.807) is 32.0 Å². The fraction of sp³-hybridized carbons (Fsp3) is 0.222. The van der Waals surface area contributed by atoms with Crippen LogP contribution in [0.3, 0.4) is 0 Å². The van der Waals surface area contributed by atoms with Crippen LogP contribution in [0.4, 0.5) is 11.5 Å². The van der Waals surface area contributed by atoms with Gasteiger partial charge in [-0.15, -0.1) is 4.40 Å². The topological polar surface area (TPSA) is 200 Å². The summed E-state index contributed by atoms with van der Waals surface area (Å²) in [6.07, 6.45) is 1.42. The number of amidine groups is 1. The first-order valence-corrected chi connectivity index (χ1v) is 10.4. The SMILES string of the molecule is CC(C)(COc1cccc2c1C(N)=NS(=O)(=O)N2)NC(=O)c1ccnc(N=C(N)N)c1. The molecule has 31 heavy (non-hydrogen) atoms. The van der Waals surface area contributed by atoms with Crippen LogP contribution in [0.1, 0.15) is 29.8 Å². The van der Waals surface area contributed by atoms with E-state index in [-0.39, 0.29) is 35.8 Å². The zero-order valence-electron chi connectivity index (χ0n) is 16.8. The molecule has 0 spiro atoms. The quantitative estimate of drug-likeness (QED) is 0.300. The highest BCUT2D eigenvalue weighted by Gasteiger charge is 2.27. The molecule has 12 nitrogen and oxygen atoms in total. The largest absolute Gasteiger partial charge is 0.490 e. The van der Waals surface area contributed by atoms with E-state index in [1.807, 2.05) is 0 Å². The number of aliphatic imine (C=N–C) groups is 1. The summed E-state index contributed by atoms with van der Waals surface area (Å²) >= 11 is 0. The number of ether oxygens (including phenoxy) is 1. The van der Waals surface area contributed by atoms with Crippen molar-refractivity contribution in [1.82, 2.24) is 10.3 Å². The maximum Gasteiger partial charge on any atom is 0.344 e. The minimum absolute atomic E-state index is 0.0566. The van der Waals surface area contributed by atoms with Gasteiger partial charge in [0.25, 0.3) is 5.91 Å². The van der Waals surface area contributed by atoms with Crippen molar-refractivity contribution in [2.24, 2.45) is 26.6 Å². The predicted molar refractivity (Wildman–Crippen MR) is 116 cm³/mol. The Labute approximate surface area is 178 Å². The average Bonchev–Trinajstić information content (AvgIpc) is 2.64. The molecule has 3 rings (SSSR count). The number of hydrogen-bond donors (Lipinski definition) is 5. The van der Waals surface area contributed by atoms with Gasteiger partial charge in [0.1, 0.15) is 12.4 Å². The van der Waals surface area contributed by atoms with Gasteiger partial charge in [-0.05, 0) is 38.1 Å². The number of guanidine groups is 1. The molecule has 2 aromatic rings. The number of anilines is 1. The van der Waals surface area contributed by atoms with E-state index in [2.05, 4.69) is 24.4 Å². The number of nitrogens with one attached hydrogen (secondary N) is 2. The lowest BCUT2D eigenvalue weighted by Crippen LogP contribution is -2.48. The summed E-state index contributed by atoms with van der Waals surface area (Å²) in [5.41, 5.74) is 16.6. The molecule has 0 aliphatic carbocycles. The van der Waals surface area contributed by atoms with Gasteiger partial charge in [-0.3, -0.25) is 9.52 Å². The number of nitrogens with zero attached hydrogens (tertiary/aromatic N) is 3. The Morgan fingerprint density at radius 1 is 1.29 bits per heavy atom. The van der Waals surface area contributed by atoms with Gasteiger partial charge < -0.3 is 27.3 Å². The van der Waals surface area contributed by atoms with Crippen LogP contribution in [0.15, 0.2) is 45.9 Å². The van der Waals surface area contributed by atoms with E-state index in [0.717, 1.165) is 0 Å². The number of rotatable bonds is 6. The van der Waals surface area contributed by atoms with Gasteiger partial charge in [-0.1, -0.05) is 6.07 Å². The fourth-order valence-corrected chi connectivity index (χ4v) is 3.61. The summed E-state index contributed by atoms with van der Waals surface area (Å²) in [6.45, 7) is 3.58. The van der Waals surface area contributed by atoms with E-state index in [0.29, 0.717) is 16.9 Å². The van der Waals surface area contributed by atoms with Crippen molar-refractivity contribution in [2.45, 2.75) is 19.4 Å². The molecule has 0 unspecified atom stereocenters. The molecule has 1 aromatic carbocycles. The molecule has 2 heterocycles. The monoisotopic (exact) mass is 446 g/mol. The van der Waals surface area contributed by atoms with Crippen LogP contribution < -0.4 is 32.0 Å². The molecule has 1 aromatic heterocycles. The number of hydrogen-bond acceptors (Lipinski definition) is 7. The van der Waals surface area contributed by atoms with Crippen molar-refractivity contribution in [3.8, 4) is 5.75 Å². The van der Waals surface area contributed by atoms with Gasteiger partial charge in [0.2, 0.25) is 0 Å². The second-order valence-corrected chi connectivity index (χ2v) is 8.64. The highest BCUT2D eigenvalue weighted by molar-refractivity contribution is 7.91. The molecule has 0 saturated heterocycles. The van der Waals surface area contributed by atoms with Crippen LogP contribution in [0.2, 0.25) is 0 Å². The Balaban J connectivity index is 1.73. The third-order valence-electron chi connectivity index (χ3n) is 4.03. The van der Waals surface area contributed by atoms with Crippen LogP contribution >= 0.6 is 0 Å². The van der Waals surface area contributed by atoms with Crippen molar-refractivity contribution >= 4 is 39.4 Å². The first-order chi connectivity index (χ1) is 14.5. The number of benzene rings is 1. The number of pyridine rings is 1. The molecule has 0 atom stereocenters. The van der Waals surface area contributed by atoms with Gasteiger partial charge in [0.15, 0.2) is 17.6 Å². The van der Waals surface area contributed by atoms with Crippen LogP contribution in [0, 0.1) is 0 Å².